The number of hydrogen-bond acceptors (Lipinski definition) is 3. The first-order valence-corrected chi connectivity index (χ1v) is 7.20. The van der Waals surface area contributed by atoms with E-state index in [1.807, 2.05) is 18.6 Å². The number of fused-ring (bicyclic) bond motifs is 1. The van der Waals surface area contributed by atoms with Crippen molar-refractivity contribution in [3.05, 3.63) is 47.5 Å². The van der Waals surface area contributed by atoms with Gasteiger partial charge in [-0.15, -0.1) is 0 Å². The Hall–Kier alpha value is -2.03. The summed E-state index contributed by atoms with van der Waals surface area (Å²) in [6.07, 6.45) is 9.34. The Kier molecular flexibility index (Phi) is 2.49. The van der Waals surface area contributed by atoms with Gasteiger partial charge in [-0.05, 0) is 36.0 Å². The molecule has 1 aromatic carbocycles. The van der Waals surface area contributed by atoms with E-state index < -0.39 is 0 Å². The molecule has 1 aliphatic heterocycles. The van der Waals surface area contributed by atoms with E-state index in [9.17, 15) is 0 Å². The summed E-state index contributed by atoms with van der Waals surface area (Å²) in [5.41, 5.74) is 5.15. The number of aliphatic imine (C=N–C) groups is 1. The molecule has 0 N–H and O–H groups in total. The van der Waals surface area contributed by atoms with Crippen molar-refractivity contribution in [3.8, 4) is 11.1 Å². The van der Waals surface area contributed by atoms with Crippen LogP contribution in [0.5, 0.6) is 0 Å². The van der Waals surface area contributed by atoms with Crippen molar-refractivity contribution in [2.45, 2.75) is 31.6 Å². The summed E-state index contributed by atoms with van der Waals surface area (Å²) >= 11 is 0. The highest BCUT2D eigenvalue weighted by Gasteiger charge is 2.41. The zero-order chi connectivity index (χ0) is 13.6. The van der Waals surface area contributed by atoms with Gasteiger partial charge in [0.15, 0.2) is 0 Å². The van der Waals surface area contributed by atoms with Gasteiger partial charge in [0.05, 0.1) is 0 Å². The van der Waals surface area contributed by atoms with E-state index in [0.717, 1.165) is 24.4 Å². The van der Waals surface area contributed by atoms with Gasteiger partial charge in [0, 0.05) is 36.1 Å². The Bertz CT molecular complexity index is 682. The normalized spacial score (nSPS) is 18.6. The molecule has 0 saturated heterocycles. The van der Waals surface area contributed by atoms with Crippen LogP contribution in [0, 0.1) is 0 Å². The lowest BCUT2D eigenvalue weighted by Crippen LogP contribution is -2.06. The number of benzene rings is 1. The van der Waals surface area contributed by atoms with Gasteiger partial charge < -0.3 is 0 Å². The van der Waals surface area contributed by atoms with E-state index in [1.165, 1.54) is 29.5 Å². The average molecular weight is 263 g/mol. The molecule has 1 fully saturated rings. The molecule has 0 spiro atoms. The van der Waals surface area contributed by atoms with E-state index in [-0.39, 0.29) is 5.41 Å². The van der Waals surface area contributed by atoms with Gasteiger partial charge in [0.1, 0.15) is 5.82 Å². The Labute approximate surface area is 118 Å². The second-order valence-corrected chi connectivity index (χ2v) is 6.05. The van der Waals surface area contributed by atoms with Crippen LogP contribution in [0.25, 0.3) is 11.1 Å². The van der Waals surface area contributed by atoms with Crippen molar-refractivity contribution in [1.29, 1.82) is 0 Å². The van der Waals surface area contributed by atoms with Crippen LogP contribution in [-0.4, -0.2) is 22.7 Å². The van der Waals surface area contributed by atoms with E-state index in [4.69, 9.17) is 0 Å². The number of aromatic nitrogens is 2. The third kappa shape index (κ3) is 1.94. The predicted octanol–water partition coefficient (Wildman–Crippen LogP) is 3.17. The molecule has 1 aromatic heterocycles. The van der Waals surface area contributed by atoms with Crippen LogP contribution in [-0.2, 0) is 11.8 Å². The minimum atomic E-state index is 0.241. The molecule has 0 atom stereocenters. The van der Waals surface area contributed by atoms with Crippen molar-refractivity contribution in [3.63, 3.8) is 0 Å². The summed E-state index contributed by atoms with van der Waals surface area (Å²) < 4.78 is 0. The number of rotatable bonds is 2. The van der Waals surface area contributed by atoms with Gasteiger partial charge in [-0.2, -0.15) is 0 Å². The first-order chi connectivity index (χ1) is 9.74. The molecule has 100 valence electrons. The molecule has 0 radical (unpaired) electrons. The smallest absolute Gasteiger partial charge is 0.134 e. The molecule has 2 heterocycles. The van der Waals surface area contributed by atoms with Crippen molar-refractivity contribution < 1.29 is 0 Å². The third-order valence-corrected chi connectivity index (χ3v) is 4.41. The summed E-state index contributed by atoms with van der Waals surface area (Å²) in [6, 6.07) is 6.52. The maximum absolute atomic E-state index is 4.56. The topological polar surface area (TPSA) is 38.1 Å². The van der Waals surface area contributed by atoms with Crippen LogP contribution < -0.4 is 0 Å². The molecular weight excluding hydrogens is 246 g/mol. The SMILES string of the molecule is CC1(c2ncc(-c3ccc4c(c3)CCN=C4)cn2)CC1. The largest absolute Gasteiger partial charge is 0.292 e. The fraction of sp³-hybridized carbons (Fsp3) is 0.353. The second-order valence-electron chi connectivity index (χ2n) is 6.05. The number of nitrogens with zero attached hydrogens (tertiary/aromatic N) is 3. The van der Waals surface area contributed by atoms with Gasteiger partial charge in [0.2, 0.25) is 0 Å². The molecule has 1 saturated carbocycles. The Morgan fingerprint density at radius 3 is 2.60 bits per heavy atom. The maximum Gasteiger partial charge on any atom is 0.134 e. The molecule has 3 heteroatoms. The van der Waals surface area contributed by atoms with Crippen LogP contribution in [0.15, 0.2) is 35.6 Å². The molecule has 0 bridgehead atoms. The van der Waals surface area contributed by atoms with Gasteiger partial charge in [-0.25, -0.2) is 9.97 Å². The summed E-state index contributed by atoms with van der Waals surface area (Å²) in [7, 11) is 0. The Morgan fingerprint density at radius 1 is 1.05 bits per heavy atom. The Morgan fingerprint density at radius 2 is 1.85 bits per heavy atom. The zero-order valence-electron chi connectivity index (χ0n) is 11.6. The molecule has 0 amide bonds. The van der Waals surface area contributed by atoms with Gasteiger partial charge in [-0.1, -0.05) is 25.1 Å². The van der Waals surface area contributed by atoms with Crippen LogP contribution in [0.4, 0.5) is 0 Å². The first-order valence-electron chi connectivity index (χ1n) is 7.20. The molecule has 0 unspecified atom stereocenters. The van der Waals surface area contributed by atoms with Crippen LogP contribution in [0.2, 0.25) is 0 Å². The zero-order valence-corrected chi connectivity index (χ0v) is 11.6. The fourth-order valence-corrected chi connectivity index (χ4v) is 2.68. The van der Waals surface area contributed by atoms with Gasteiger partial charge in [-0.3, -0.25) is 4.99 Å². The molecule has 20 heavy (non-hydrogen) atoms. The molecule has 3 nitrogen and oxygen atoms in total. The van der Waals surface area contributed by atoms with E-state index in [2.05, 4.69) is 40.1 Å². The lowest BCUT2D eigenvalue weighted by atomic mass is 9.98. The molecule has 2 aromatic rings. The van der Waals surface area contributed by atoms with E-state index in [0.29, 0.717) is 0 Å². The van der Waals surface area contributed by atoms with E-state index >= 15 is 0 Å². The monoisotopic (exact) mass is 263 g/mol. The van der Waals surface area contributed by atoms with Crippen LogP contribution >= 0.6 is 0 Å². The Balaban J connectivity index is 1.68. The quantitative estimate of drug-likeness (QED) is 0.834. The summed E-state index contributed by atoms with van der Waals surface area (Å²) in [5, 5.41) is 0. The highest BCUT2D eigenvalue weighted by atomic mass is 14.9. The second kappa shape index (κ2) is 4.23. The standard InChI is InChI=1S/C17H17N3/c1-17(5-6-17)16-19-10-15(11-20-16)12-2-3-14-9-18-7-4-13(14)8-12/h2-3,8-11H,4-7H2,1H3. The van der Waals surface area contributed by atoms with Gasteiger partial charge in [0.25, 0.3) is 0 Å². The van der Waals surface area contributed by atoms with Crippen molar-refractivity contribution in [2.75, 3.05) is 6.54 Å². The molecule has 2 aliphatic rings. The lowest BCUT2D eigenvalue weighted by molar-refractivity contribution is 0.709. The van der Waals surface area contributed by atoms with Crippen molar-refractivity contribution in [2.24, 2.45) is 4.99 Å². The van der Waals surface area contributed by atoms with Crippen LogP contribution in [0.1, 0.15) is 36.7 Å². The number of hydrogen-bond donors (Lipinski definition) is 0. The maximum atomic E-state index is 4.56. The molecule has 1 aliphatic carbocycles. The van der Waals surface area contributed by atoms with Gasteiger partial charge >= 0.3 is 0 Å². The van der Waals surface area contributed by atoms with Crippen molar-refractivity contribution in [1.82, 2.24) is 9.97 Å². The molecule has 4 rings (SSSR count). The highest BCUT2D eigenvalue weighted by molar-refractivity contribution is 5.84. The summed E-state index contributed by atoms with van der Waals surface area (Å²) in [4.78, 5) is 13.4. The average Bonchev–Trinajstić information content (AvgIpc) is 3.26. The lowest BCUT2D eigenvalue weighted by Gasteiger charge is -2.12. The minimum absolute atomic E-state index is 0.241. The predicted molar refractivity (Wildman–Crippen MR) is 80.2 cm³/mol. The van der Waals surface area contributed by atoms with Crippen LogP contribution in [0.3, 0.4) is 0 Å². The summed E-state index contributed by atoms with van der Waals surface area (Å²) in [6.45, 7) is 3.13. The molecular formula is C17H17N3. The fourth-order valence-electron chi connectivity index (χ4n) is 2.68. The van der Waals surface area contributed by atoms with Crippen molar-refractivity contribution >= 4 is 6.21 Å². The van der Waals surface area contributed by atoms with E-state index in [1.54, 1.807) is 0 Å². The minimum Gasteiger partial charge on any atom is -0.292 e. The third-order valence-electron chi connectivity index (χ3n) is 4.41. The summed E-state index contributed by atoms with van der Waals surface area (Å²) in [5.74, 6) is 0.992. The highest BCUT2D eigenvalue weighted by Crippen LogP contribution is 2.45. The first kappa shape index (κ1) is 11.8.